The molecule has 6 heteroatoms. The van der Waals surface area contributed by atoms with E-state index in [0.717, 1.165) is 26.9 Å². The predicted molar refractivity (Wildman–Crippen MR) is 135 cm³/mol. The third kappa shape index (κ3) is 4.07. The van der Waals surface area contributed by atoms with E-state index in [0.29, 0.717) is 9.33 Å². The molecule has 1 atom stereocenters. The molecule has 5 rings (SSSR count). The first kappa shape index (κ1) is 20.5. The summed E-state index contributed by atoms with van der Waals surface area (Å²) in [4.78, 5) is 14.1. The van der Waals surface area contributed by atoms with Gasteiger partial charge in [0.15, 0.2) is 0 Å². The van der Waals surface area contributed by atoms with E-state index in [1.807, 2.05) is 103 Å². The predicted octanol–water partition coefficient (Wildman–Crippen LogP) is 4.75. The van der Waals surface area contributed by atoms with E-state index in [2.05, 4.69) is 26.1 Å². The highest BCUT2D eigenvalue weighted by atomic mass is 79.9. The molecule has 0 radical (unpaired) electrons. The molecule has 0 aliphatic carbocycles. The topological polar surface area (TPSA) is 46.7 Å². The Bertz CT molecular complexity index is 1490. The lowest BCUT2D eigenvalue weighted by atomic mass is 9.96. The zero-order valence-electron chi connectivity index (χ0n) is 16.9. The second kappa shape index (κ2) is 9.02. The number of hydrogen-bond acceptors (Lipinski definition) is 4. The van der Waals surface area contributed by atoms with Gasteiger partial charge in [-0.15, -0.1) is 10.2 Å². The number of nitrogens with zero attached hydrogens (tertiary/aromatic N) is 3. The lowest BCUT2D eigenvalue weighted by Crippen LogP contribution is -2.40. The Hall–Kier alpha value is -3.35. The van der Waals surface area contributed by atoms with E-state index in [1.165, 1.54) is 11.3 Å². The fourth-order valence-electron chi connectivity index (χ4n) is 3.70. The van der Waals surface area contributed by atoms with Gasteiger partial charge in [-0.1, -0.05) is 118 Å². The highest BCUT2D eigenvalue weighted by molar-refractivity contribution is 9.12. The van der Waals surface area contributed by atoms with Gasteiger partial charge in [-0.3, -0.25) is 9.36 Å². The number of benzene rings is 3. The summed E-state index contributed by atoms with van der Waals surface area (Å²) in [5.74, 6) is 0. The van der Waals surface area contributed by atoms with Crippen molar-refractivity contribution < 1.29 is 0 Å². The minimum atomic E-state index is -0.339. The van der Waals surface area contributed by atoms with Crippen LogP contribution in [-0.2, 0) is 0 Å². The Labute approximate surface area is 197 Å². The zero-order chi connectivity index (χ0) is 21.9. The van der Waals surface area contributed by atoms with Crippen LogP contribution in [0.5, 0.6) is 0 Å². The van der Waals surface area contributed by atoms with Gasteiger partial charge in [-0.25, -0.2) is 0 Å². The number of thiazole rings is 1. The lowest BCUT2D eigenvalue weighted by molar-refractivity contribution is 0.657. The molecular formula is C26H18BrN3OS. The summed E-state index contributed by atoms with van der Waals surface area (Å²) in [5, 5.41) is 8.97. The van der Waals surface area contributed by atoms with Crippen molar-refractivity contribution in [3.63, 3.8) is 0 Å². The van der Waals surface area contributed by atoms with Crippen LogP contribution in [0.1, 0.15) is 22.7 Å². The monoisotopic (exact) mass is 499 g/mol. The van der Waals surface area contributed by atoms with E-state index >= 15 is 0 Å². The zero-order valence-corrected chi connectivity index (χ0v) is 19.3. The average Bonchev–Trinajstić information content (AvgIpc) is 3.15. The molecule has 0 fully saturated rings. The fourth-order valence-corrected chi connectivity index (χ4v) is 5.28. The van der Waals surface area contributed by atoms with Gasteiger partial charge in [-0.05, 0) is 23.3 Å². The van der Waals surface area contributed by atoms with Gasteiger partial charge in [0.1, 0.15) is 6.04 Å². The van der Waals surface area contributed by atoms with Crippen molar-refractivity contribution >= 4 is 45.1 Å². The number of halogens is 1. The molecule has 0 N–H and O–H groups in total. The van der Waals surface area contributed by atoms with Crippen molar-refractivity contribution in [2.24, 2.45) is 10.2 Å². The van der Waals surface area contributed by atoms with Gasteiger partial charge >= 0.3 is 0 Å². The molecule has 4 aromatic rings. The summed E-state index contributed by atoms with van der Waals surface area (Å²) < 4.78 is 3.18. The summed E-state index contributed by atoms with van der Waals surface area (Å²) in [6.07, 6.45) is 3.84. The molecule has 0 saturated heterocycles. The second-order valence-corrected chi connectivity index (χ2v) is 9.20. The molecule has 0 bridgehead atoms. The summed E-state index contributed by atoms with van der Waals surface area (Å²) in [6.45, 7) is 0. The third-order valence-electron chi connectivity index (χ3n) is 5.16. The van der Waals surface area contributed by atoms with Crippen LogP contribution >= 0.6 is 27.3 Å². The molecule has 4 nitrogen and oxygen atoms in total. The molecule has 1 aliphatic heterocycles. The molecule has 156 valence electrons. The molecule has 1 aromatic heterocycles. The number of hydrogen-bond donors (Lipinski definition) is 0. The van der Waals surface area contributed by atoms with Crippen molar-refractivity contribution in [1.82, 2.24) is 4.57 Å². The first-order chi connectivity index (χ1) is 15.7. The molecule has 0 unspecified atom stereocenters. The summed E-state index contributed by atoms with van der Waals surface area (Å²) >= 11 is 4.94. The van der Waals surface area contributed by atoms with Crippen LogP contribution in [0.4, 0.5) is 0 Å². The van der Waals surface area contributed by atoms with E-state index in [-0.39, 0.29) is 11.6 Å². The third-order valence-corrected chi connectivity index (χ3v) is 6.59. The van der Waals surface area contributed by atoms with Gasteiger partial charge < -0.3 is 0 Å². The minimum Gasteiger partial charge on any atom is -0.268 e. The van der Waals surface area contributed by atoms with Crippen molar-refractivity contribution in [1.29, 1.82) is 0 Å². The Balaban J connectivity index is 1.66. The van der Waals surface area contributed by atoms with Gasteiger partial charge in [0.2, 0.25) is 4.80 Å². The van der Waals surface area contributed by atoms with E-state index in [9.17, 15) is 4.79 Å². The average molecular weight is 500 g/mol. The Morgan fingerprint density at radius 1 is 0.875 bits per heavy atom. The standard InChI is InChI=1S/C26H18BrN3OS/c27-21(16-18-10-4-1-5-11-18)17-22-25(31)30-24(20-14-8-3-9-15-20)23(28-29-26(30)32-22)19-12-6-2-7-13-19/h1-17,24H/b21-16-,22-17-/t24-/m1/s1. The maximum absolute atomic E-state index is 13.5. The minimum absolute atomic E-state index is 0.0793. The number of aromatic nitrogens is 1. The molecular weight excluding hydrogens is 482 g/mol. The van der Waals surface area contributed by atoms with Crippen LogP contribution in [0.3, 0.4) is 0 Å². The smallest absolute Gasteiger partial charge is 0.268 e. The first-order valence-corrected chi connectivity index (χ1v) is 11.7. The first-order valence-electron chi connectivity index (χ1n) is 10.1. The van der Waals surface area contributed by atoms with E-state index < -0.39 is 0 Å². The van der Waals surface area contributed by atoms with Crippen LogP contribution in [-0.4, -0.2) is 10.3 Å². The van der Waals surface area contributed by atoms with Crippen molar-refractivity contribution in [2.75, 3.05) is 0 Å². The summed E-state index contributed by atoms with van der Waals surface area (Å²) in [7, 11) is 0. The van der Waals surface area contributed by atoms with Crippen LogP contribution < -0.4 is 14.9 Å². The normalized spacial score (nSPS) is 16.3. The quantitative estimate of drug-likeness (QED) is 0.399. The second-order valence-electron chi connectivity index (χ2n) is 7.27. The largest absolute Gasteiger partial charge is 0.271 e. The molecule has 0 saturated carbocycles. The van der Waals surface area contributed by atoms with Crippen molar-refractivity contribution in [3.8, 4) is 0 Å². The molecule has 1 aliphatic rings. The van der Waals surface area contributed by atoms with Gasteiger partial charge in [0.05, 0.1) is 10.2 Å². The van der Waals surface area contributed by atoms with E-state index in [1.54, 1.807) is 4.57 Å². The highest BCUT2D eigenvalue weighted by Crippen LogP contribution is 2.24. The fraction of sp³-hybridized carbons (Fsp3) is 0.0385. The Kier molecular flexibility index (Phi) is 5.79. The molecule has 0 amide bonds. The van der Waals surface area contributed by atoms with Crippen LogP contribution in [0.25, 0.3) is 12.2 Å². The van der Waals surface area contributed by atoms with Crippen LogP contribution in [0.15, 0.2) is 110 Å². The summed E-state index contributed by atoms with van der Waals surface area (Å²) in [5.41, 5.74) is 3.68. The SMILES string of the molecule is O=c1/c(=C/C(Br)=C/c2ccccc2)sc2n1[C@H](c1ccccc1)C(c1ccccc1)=NN=2. The van der Waals surface area contributed by atoms with Crippen LogP contribution in [0, 0.1) is 0 Å². The van der Waals surface area contributed by atoms with Gasteiger partial charge in [-0.2, -0.15) is 0 Å². The maximum atomic E-state index is 13.5. The molecule has 2 heterocycles. The Morgan fingerprint density at radius 2 is 1.50 bits per heavy atom. The van der Waals surface area contributed by atoms with Crippen LogP contribution in [0.2, 0.25) is 0 Å². The number of rotatable bonds is 4. The molecule has 32 heavy (non-hydrogen) atoms. The number of allylic oxidation sites excluding steroid dienone is 1. The summed E-state index contributed by atoms with van der Waals surface area (Å²) in [6, 6.07) is 29.5. The van der Waals surface area contributed by atoms with Gasteiger partial charge in [0, 0.05) is 10.0 Å². The highest BCUT2D eigenvalue weighted by Gasteiger charge is 2.28. The van der Waals surface area contributed by atoms with Gasteiger partial charge in [0.25, 0.3) is 5.56 Å². The Morgan fingerprint density at radius 3 is 2.19 bits per heavy atom. The lowest BCUT2D eigenvalue weighted by Gasteiger charge is -2.22. The maximum Gasteiger partial charge on any atom is 0.271 e. The number of fused-ring (bicyclic) bond motifs is 1. The van der Waals surface area contributed by atoms with Crippen molar-refractivity contribution in [3.05, 3.63) is 132 Å². The van der Waals surface area contributed by atoms with Crippen molar-refractivity contribution in [2.45, 2.75) is 6.04 Å². The molecule has 3 aromatic carbocycles. The molecule has 0 spiro atoms. The van der Waals surface area contributed by atoms with E-state index in [4.69, 9.17) is 0 Å².